The van der Waals surface area contributed by atoms with E-state index in [9.17, 15) is 31.5 Å². The van der Waals surface area contributed by atoms with Gasteiger partial charge in [0.05, 0.1) is 10.7 Å². The van der Waals surface area contributed by atoms with E-state index in [0.29, 0.717) is 37.3 Å². The number of ether oxygens (including phenoxy) is 1. The topological polar surface area (TPSA) is 80.3 Å². The lowest BCUT2D eigenvalue weighted by Crippen LogP contribution is -2.54. The molecular formula is C30H29ClF5N3O3. The van der Waals surface area contributed by atoms with Crippen LogP contribution in [0.2, 0.25) is 5.02 Å². The highest BCUT2D eigenvalue weighted by Gasteiger charge is 2.45. The number of halogens is 6. The molecule has 0 aliphatic heterocycles. The lowest BCUT2D eigenvalue weighted by atomic mass is 9.80. The van der Waals surface area contributed by atoms with E-state index in [2.05, 4.69) is 20.4 Å². The average molecular weight is 610 g/mol. The molecule has 0 spiro atoms. The van der Waals surface area contributed by atoms with E-state index in [-0.39, 0.29) is 40.4 Å². The number of amides is 2. The van der Waals surface area contributed by atoms with Gasteiger partial charge in [0.25, 0.3) is 0 Å². The number of urea groups is 1. The highest BCUT2D eigenvalue weighted by Crippen LogP contribution is 2.37. The van der Waals surface area contributed by atoms with Gasteiger partial charge in [-0.15, -0.1) is 0 Å². The molecule has 2 N–H and O–H groups in total. The van der Waals surface area contributed by atoms with E-state index in [0.717, 1.165) is 12.1 Å². The highest BCUT2D eigenvalue weighted by molar-refractivity contribution is 6.30. The zero-order valence-electron chi connectivity index (χ0n) is 22.6. The molecule has 1 atom stereocenters. The molecule has 2 amide bonds. The number of hydrogen-bond donors (Lipinski definition) is 2. The van der Waals surface area contributed by atoms with Crippen LogP contribution in [0.25, 0.3) is 0 Å². The molecule has 4 rings (SSSR count). The predicted molar refractivity (Wildman–Crippen MR) is 146 cm³/mol. The minimum absolute atomic E-state index is 0.0406. The zero-order chi connectivity index (χ0) is 30.5. The molecule has 0 bridgehead atoms. The number of carbonyl (C=O) groups excluding carboxylic acids is 2. The van der Waals surface area contributed by atoms with Crippen molar-refractivity contribution in [1.82, 2.24) is 15.6 Å². The van der Waals surface area contributed by atoms with Crippen molar-refractivity contribution in [3.63, 3.8) is 0 Å². The molecule has 1 heterocycles. The number of nitrogens with one attached hydrogen (secondary N) is 2. The fourth-order valence-corrected chi connectivity index (χ4v) is 5.29. The first kappa shape index (κ1) is 31.2. The molecule has 1 fully saturated rings. The number of alkyl halides is 4. The van der Waals surface area contributed by atoms with Gasteiger partial charge in [-0.05, 0) is 68.0 Å². The molecular weight excluding hydrogens is 581 g/mol. The van der Waals surface area contributed by atoms with Gasteiger partial charge in [0.2, 0.25) is 0 Å². The first-order valence-electron chi connectivity index (χ1n) is 13.3. The van der Waals surface area contributed by atoms with Gasteiger partial charge < -0.3 is 15.4 Å². The van der Waals surface area contributed by atoms with Crippen LogP contribution in [0.4, 0.5) is 26.7 Å². The summed E-state index contributed by atoms with van der Waals surface area (Å²) in [7, 11) is 0. The Bertz CT molecular complexity index is 1390. The molecule has 2 aromatic carbocycles. The number of ketones is 1. The maximum absolute atomic E-state index is 15.0. The lowest BCUT2D eigenvalue weighted by Gasteiger charge is -2.37. The summed E-state index contributed by atoms with van der Waals surface area (Å²) in [6.07, 6.45) is -5.46. The van der Waals surface area contributed by atoms with E-state index < -0.39 is 35.7 Å². The number of Topliss-reactive ketones (excluding diaryl/α,β-unsaturated/α-hetero) is 1. The number of nitrogens with zero attached hydrogens (tertiary/aromatic N) is 1. The summed E-state index contributed by atoms with van der Waals surface area (Å²) in [5.74, 6) is -1.91. The number of pyridine rings is 1. The van der Waals surface area contributed by atoms with Gasteiger partial charge in [0.15, 0.2) is 0 Å². The molecule has 1 aromatic heterocycles. The van der Waals surface area contributed by atoms with Crippen molar-refractivity contribution in [3.8, 4) is 5.75 Å². The van der Waals surface area contributed by atoms with Crippen molar-refractivity contribution in [3.05, 3.63) is 94.5 Å². The Kier molecular flexibility index (Phi) is 9.71. The van der Waals surface area contributed by atoms with Crippen molar-refractivity contribution in [1.29, 1.82) is 0 Å². The monoisotopic (exact) mass is 609 g/mol. The summed E-state index contributed by atoms with van der Waals surface area (Å²) in [5.41, 5.74) is -0.964. The maximum atomic E-state index is 15.0. The molecule has 6 nitrogen and oxygen atoms in total. The molecule has 42 heavy (non-hydrogen) atoms. The van der Waals surface area contributed by atoms with Crippen molar-refractivity contribution < 1.29 is 36.3 Å². The normalized spacial score (nSPS) is 18.7. The quantitative estimate of drug-likeness (QED) is 0.242. The third-order valence-electron chi connectivity index (χ3n) is 7.31. The molecule has 12 heteroatoms. The van der Waals surface area contributed by atoms with Crippen molar-refractivity contribution >= 4 is 23.4 Å². The van der Waals surface area contributed by atoms with Crippen molar-refractivity contribution in [2.45, 2.75) is 63.1 Å². The molecule has 224 valence electrons. The van der Waals surface area contributed by atoms with Gasteiger partial charge >= 0.3 is 18.6 Å². The second-order valence-electron chi connectivity index (χ2n) is 10.3. The van der Waals surface area contributed by atoms with E-state index in [1.165, 1.54) is 25.3 Å². The molecule has 1 aliphatic carbocycles. The van der Waals surface area contributed by atoms with Gasteiger partial charge in [0.1, 0.15) is 22.9 Å². The summed E-state index contributed by atoms with van der Waals surface area (Å²) >= 11 is 6.07. The number of benzene rings is 2. The zero-order valence-corrected chi connectivity index (χ0v) is 23.3. The third-order valence-corrected chi connectivity index (χ3v) is 7.54. The van der Waals surface area contributed by atoms with Crippen molar-refractivity contribution in [2.24, 2.45) is 5.92 Å². The number of hydrogen-bond acceptors (Lipinski definition) is 4. The third kappa shape index (κ3) is 7.56. The Labute approximate surface area is 244 Å². The smallest absolute Gasteiger partial charge is 0.428 e. The number of aromatic nitrogens is 1. The molecule has 0 saturated heterocycles. The summed E-state index contributed by atoms with van der Waals surface area (Å²) in [5, 5.41) is 6.03. The van der Waals surface area contributed by atoms with Gasteiger partial charge in [-0.1, -0.05) is 41.9 Å². The fraction of sp³-hybridized carbons (Fsp3) is 0.367. The van der Waals surface area contributed by atoms with Crippen LogP contribution in [0, 0.1) is 11.7 Å². The van der Waals surface area contributed by atoms with Crippen LogP contribution >= 0.6 is 11.6 Å². The van der Waals surface area contributed by atoms with Gasteiger partial charge in [-0.25, -0.2) is 9.18 Å². The Morgan fingerprint density at radius 2 is 1.74 bits per heavy atom. The molecule has 0 unspecified atom stereocenters. The number of rotatable bonds is 10. The first-order valence-corrected chi connectivity index (χ1v) is 13.7. The van der Waals surface area contributed by atoms with Crippen LogP contribution in [0.3, 0.4) is 0 Å². The lowest BCUT2D eigenvalue weighted by molar-refractivity contribution is -0.253. The van der Waals surface area contributed by atoms with E-state index >= 15 is 0 Å². The Morgan fingerprint density at radius 3 is 2.33 bits per heavy atom. The van der Waals surface area contributed by atoms with Crippen molar-refractivity contribution in [2.75, 3.05) is 0 Å². The summed E-state index contributed by atoms with van der Waals surface area (Å²) in [6.45, 7) is 1.54. The summed E-state index contributed by atoms with van der Waals surface area (Å²) < 4.78 is 72.7. The minimum Gasteiger partial charge on any atom is -0.428 e. The Balaban J connectivity index is 1.78. The summed E-state index contributed by atoms with van der Waals surface area (Å²) in [4.78, 5) is 29.7. The van der Waals surface area contributed by atoms with Crippen LogP contribution in [-0.2, 0) is 16.8 Å². The average Bonchev–Trinajstić information content (AvgIpc) is 2.93. The van der Waals surface area contributed by atoms with Gasteiger partial charge in [-0.3, -0.25) is 9.78 Å². The minimum atomic E-state index is -4.89. The molecule has 1 saturated carbocycles. The molecule has 1 aliphatic rings. The van der Waals surface area contributed by atoms with Gasteiger partial charge in [0, 0.05) is 30.6 Å². The largest absolute Gasteiger partial charge is 0.461 e. The van der Waals surface area contributed by atoms with Crippen LogP contribution in [0.15, 0.2) is 66.9 Å². The van der Waals surface area contributed by atoms with Crippen LogP contribution in [0.1, 0.15) is 49.4 Å². The van der Waals surface area contributed by atoms with E-state index in [1.54, 1.807) is 30.3 Å². The predicted octanol–water partition coefficient (Wildman–Crippen LogP) is 7.04. The van der Waals surface area contributed by atoms with Gasteiger partial charge in [-0.2, -0.15) is 17.6 Å². The molecule has 3 aromatic rings. The second kappa shape index (κ2) is 13.1. The highest BCUT2D eigenvalue weighted by atomic mass is 35.5. The molecule has 0 radical (unpaired) electrons. The second-order valence-corrected chi connectivity index (χ2v) is 10.8. The van der Waals surface area contributed by atoms with Crippen LogP contribution in [-0.4, -0.2) is 35.4 Å². The Hall–Kier alpha value is -3.73. The number of carbonyl (C=O) groups is 2. The van der Waals surface area contributed by atoms with Crippen LogP contribution in [0.5, 0.6) is 5.75 Å². The SMILES string of the molecule is CC(=O)[C@H]1CC[C@@H](NC(=O)N[C@@](Cc2ccccc2)(c2cc(F)cc(OC(F)(F)C(F)F)c2)c2ccc(Cl)cn2)CC1. The Morgan fingerprint density at radius 1 is 1.05 bits per heavy atom. The summed E-state index contributed by atoms with van der Waals surface area (Å²) in [6, 6.07) is 13.3. The maximum Gasteiger partial charge on any atom is 0.461 e. The first-order chi connectivity index (χ1) is 19.9. The standard InChI is InChI=1S/C30H29ClF5N3O3/c1-18(40)20-7-10-24(11-8-20)38-28(41)39-29(16-19-5-3-2-4-6-19,26-12-9-22(31)17-37-26)21-13-23(32)15-25(14-21)42-30(35,36)27(33)34/h2-6,9,12-15,17,20,24,27H,7-8,10-11,16H2,1H3,(H2,38,39,41)/t20-,24+,29-/m0/s1. The van der Waals surface area contributed by atoms with E-state index in [1.807, 2.05) is 0 Å². The van der Waals surface area contributed by atoms with E-state index in [4.69, 9.17) is 11.6 Å². The van der Waals surface area contributed by atoms with Crippen LogP contribution < -0.4 is 15.4 Å². The fourth-order valence-electron chi connectivity index (χ4n) is 5.18.